The van der Waals surface area contributed by atoms with Gasteiger partial charge in [-0.25, -0.2) is 13.5 Å². The molecule has 1 aromatic heterocycles. The number of aliphatic hydroxyl groups excluding tert-OH is 1. The molecule has 21 heavy (non-hydrogen) atoms. The normalized spacial score (nSPS) is 11.5. The Labute approximate surface area is 121 Å². The maximum atomic E-state index is 12.5. The lowest BCUT2D eigenvalue weighted by Gasteiger charge is -2.19. The summed E-state index contributed by atoms with van der Waals surface area (Å²) in [5.74, 6) is 0.493. The van der Waals surface area contributed by atoms with Crippen LogP contribution in [0.3, 0.4) is 0 Å². The van der Waals surface area contributed by atoms with Crippen molar-refractivity contribution in [2.24, 2.45) is 0 Å². The van der Waals surface area contributed by atoms with Gasteiger partial charge in [-0.3, -0.25) is 4.90 Å². The van der Waals surface area contributed by atoms with Gasteiger partial charge in [-0.1, -0.05) is 30.3 Å². The van der Waals surface area contributed by atoms with Crippen molar-refractivity contribution in [1.29, 1.82) is 0 Å². The Morgan fingerprint density at radius 1 is 1.24 bits per heavy atom. The molecular weight excluding hydrogens is 280 g/mol. The zero-order valence-corrected chi connectivity index (χ0v) is 11.4. The number of hydrogen-bond donors (Lipinski definition) is 1. The van der Waals surface area contributed by atoms with Gasteiger partial charge in [0.1, 0.15) is 0 Å². The molecule has 0 amide bonds. The van der Waals surface area contributed by atoms with Gasteiger partial charge < -0.3 is 5.11 Å². The van der Waals surface area contributed by atoms with Crippen molar-refractivity contribution < 1.29 is 13.9 Å². The number of aliphatic hydroxyl groups is 1. The van der Waals surface area contributed by atoms with Gasteiger partial charge in [0.15, 0.2) is 5.82 Å². The lowest BCUT2D eigenvalue weighted by molar-refractivity contribution is 0.0726. The second-order valence-corrected chi connectivity index (χ2v) is 4.59. The highest BCUT2D eigenvalue weighted by Gasteiger charge is 2.16. The van der Waals surface area contributed by atoms with Crippen LogP contribution in [0.1, 0.15) is 11.4 Å². The summed E-state index contributed by atoms with van der Waals surface area (Å²) < 4.78 is 26.6. The fourth-order valence-electron chi connectivity index (χ4n) is 1.99. The van der Waals surface area contributed by atoms with Gasteiger partial charge in [0, 0.05) is 6.54 Å². The monoisotopic (exact) mass is 297 g/mol. The second-order valence-electron chi connectivity index (χ2n) is 4.59. The first-order valence-electron chi connectivity index (χ1n) is 6.59. The first-order chi connectivity index (χ1) is 10.2. The predicted octanol–water partition coefficient (Wildman–Crippen LogP) is 0.781. The minimum absolute atomic E-state index is 0.155. The number of rotatable bonds is 8. The molecule has 1 aromatic carbocycles. The molecule has 0 atom stereocenters. The van der Waals surface area contributed by atoms with Gasteiger partial charge in [0.25, 0.3) is 6.43 Å². The summed E-state index contributed by atoms with van der Waals surface area (Å²) in [4.78, 5) is 1.43. The Hall–Kier alpha value is -1.93. The molecule has 0 aliphatic rings. The lowest BCUT2D eigenvalue weighted by Crippen LogP contribution is -2.32. The Kier molecular flexibility index (Phi) is 5.70. The SMILES string of the molecule is OCCN(Cc1nnnn1Cc1ccccc1)CC(F)F. The van der Waals surface area contributed by atoms with E-state index in [9.17, 15) is 8.78 Å². The molecule has 1 N–H and O–H groups in total. The van der Waals surface area contributed by atoms with Crippen LogP contribution >= 0.6 is 0 Å². The summed E-state index contributed by atoms with van der Waals surface area (Å²) in [6.45, 7) is 0.198. The third-order valence-corrected chi connectivity index (χ3v) is 2.96. The lowest BCUT2D eigenvalue weighted by atomic mass is 10.2. The van der Waals surface area contributed by atoms with Crippen LogP contribution in [0.25, 0.3) is 0 Å². The third kappa shape index (κ3) is 4.83. The minimum atomic E-state index is -2.46. The average Bonchev–Trinajstić information content (AvgIpc) is 2.87. The van der Waals surface area contributed by atoms with Gasteiger partial charge in [-0.2, -0.15) is 0 Å². The van der Waals surface area contributed by atoms with Gasteiger partial charge in [-0.15, -0.1) is 5.10 Å². The molecule has 0 unspecified atom stereocenters. The molecule has 0 aliphatic heterocycles. The molecule has 6 nitrogen and oxygen atoms in total. The molecule has 0 saturated heterocycles. The van der Waals surface area contributed by atoms with Crippen LogP contribution in [0.5, 0.6) is 0 Å². The summed E-state index contributed by atoms with van der Waals surface area (Å²) in [5.41, 5.74) is 1.02. The molecule has 0 saturated carbocycles. The molecule has 1 heterocycles. The zero-order chi connectivity index (χ0) is 15.1. The van der Waals surface area contributed by atoms with Crippen molar-refractivity contribution in [2.75, 3.05) is 19.7 Å². The van der Waals surface area contributed by atoms with Crippen molar-refractivity contribution >= 4 is 0 Å². The fourth-order valence-corrected chi connectivity index (χ4v) is 1.99. The molecule has 2 aromatic rings. The highest BCUT2D eigenvalue weighted by molar-refractivity contribution is 5.14. The number of nitrogens with zero attached hydrogens (tertiary/aromatic N) is 5. The van der Waals surface area contributed by atoms with E-state index >= 15 is 0 Å². The van der Waals surface area contributed by atoms with E-state index in [1.54, 1.807) is 4.68 Å². The Morgan fingerprint density at radius 2 is 2.00 bits per heavy atom. The van der Waals surface area contributed by atoms with E-state index in [1.807, 2.05) is 30.3 Å². The van der Waals surface area contributed by atoms with Gasteiger partial charge >= 0.3 is 0 Å². The van der Waals surface area contributed by atoms with E-state index in [-0.39, 0.29) is 19.7 Å². The molecule has 114 valence electrons. The van der Waals surface area contributed by atoms with E-state index in [0.717, 1.165) is 5.56 Å². The summed E-state index contributed by atoms with van der Waals surface area (Å²) in [5, 5.41) is 20.3. The van der Waals surface area contributed by atoms with Gasteiger partial charge in [-0.05, 0) is 16.0 Å². The molecular formula is C13H17F2N5O. The van der Waals surface area contributed by atoms with Crippen molar-refractivity contribution in [3.05, 3.63) is 41.7 Å². The fraction of sp³-hybridized carbons (Fsp3) is 0.462. The van der Waals surface area contributed by atoms with Crippen LogP contribution in [-0.2, 0) is 13.1 Å². The van der Waals surface area contributed by atoms with Crippen molar-refractivity contribution in [3.63, 3.8) is 0 Å². The number of hydrogen-bond acceptors (Lipinski definition) is 5. The van der Waals surface area contributed by atoms with E-state index < -0.39 is 13.0 Å². The van der Waals surface area contributed by atoms with Crippen LogP contribution < -0.4 is 0 Å². The Bertz CT molecular complexity index is 534. The number of aromatic nitrogens is 4. The number of tetrazole rings is 1. The van der Waals surface area contributed by atoms with Crippen LogP contribution in [0.4, 0.5) is 8.78 Å². The highest BCUT2D eigenvalue weighted by atomic mass is 19.3. The molecule has 0 fully saturated rings. The number of alkyl halides is 2. The second kappa shape index (κ2) is 7.75. The number of halogens is 2. The predicted molar refractivity (Wildman–Crippen MR) is 71.7 cm³/mol. The standard InChI is InChI=1S/C13H17F2N5O/c14-12(15)9-19(6-7-21)10-13-16-17-18-20(13)8-11-4-2-1-3-5-11/h1-5,12,21H,6-10H2. The molecule has 0 radical (unpaired) electrons. The molecule has 0 bridgehead atoms. The van der Waals surface area contributed by atoms with E-state index in [2.05, 4.69) is 15.5 Å². The van der Waals surface area contributed by atoms with Crippen molar-refractivity contribution in [2.45, 2.75) is 19.5 Å². The highest BCUT2D eigenvalue weighted by Crippen LogP contribution is 2.07. The first kappa shape index (κ1) is 15.5. The largest absolute Gasteiger partial charge is 0.395 e. The quantitative estimate of drug-likeness (QED) is 0.780. The van der Waals surface area contributed by atoms with Gasteiger partial charge in [0.05, 0.1) is 26.2 Å². The topological polar surface area (TPSA) is 67.1 Å². The van der Waals surface area contributed by atoms with Crippen LogP contribution in [0.2, 0.25) is 0 Å². The molecule has 2 rings (SSSR count). The minimum Gasteiger partial charge on any atom is -0.395 e. The summed E-state index contributed by atoms with van der Waals surface area (Å²) in [7, 11) is 0. The third-order valence-electron chi connectivity index (χ3n) is 2.96. The summed E-state index contributed by atoms with van der Waals surface area (Å²) in [6.07, 6.45) is -2.46. The van der Waals surface area contributed by atoms with Crippen LogP contribution in [0, 0.1) is 0 Å². The summed E-state index contributed by atoms with van der Waals surface area (Å²) >= 11 is 0. The van der Waals surface area contributed by atoms with E-state index in [0.29, 0.717) is 12.4 Å². The summed E-state index contributed by atoms with van der Waals surface area (Å²) in [6, 6.07) is 9.62. The average molecular weight is 297 g/mol. The van der Waals surface area contributed by atoms with Crippen LogP contribution in [-0.4, -0.2) is 56.3 Å². The van der Waals surface area contributed by atoms with E-state index in [1.165, 1.54) is 4.90 Å². The smallest absolute Gasteiger partial charge is 0.251 e. The first-order valence-corrected chi connectivity index (χ1v) is 6.59. The van der Waals surface area contributed by atoms with Crippen molar-refractivity contribution in [1.82, 2.24) is 25.1 Å². The van der Waals surface area contributed by atoms with Crippen LogP contribution in [0.15, 0.2) is 30.3 Å². The maximum Gasteiger partial charge on any atom is 0.251 e. The van der Waals surface area contributed by atoms with E-state index in [4.69, 9.17) is 5.11 Å². The molecule has 8 heteroatoms. The van der Waals surface area contributed by atoms with Gasteiger partial charge in [0.2, 0.25) is 0 Å². The zero-order valence-electron chi connectivity index (χ0n) is 11.4. The number of benzene rings is 1. The van der Waals surface area contributed by atoms with Crippen molar-refractivity contribution in [3.8, 4) is 0 Å². The molecule has 0 spiro atoms. The Balaban J connectivity index is 2.04. The molecule has 0 aliphatic carbocycles. The maximum absolute atomic E-state index is 12.5. The Morgan fingerprint density at radius 3 is 2.67 bits per heavy atom.